The molecule has 0 aliphatic carbocycles. The van der Waals surface area contributed by atoms with Gasteiger partial charge in [-0.05, 0) is 20.3 Å². The van der Waals surface area contributed by atoms with Crippen molar-refractivity contribution in [1.82, 2.24) is 4.31 Å². The fourth-order valence-electron chi connectivity index (χ4n) is 1.07. The Hall–Kier alpha value is -0.830. The molecule has 9 heteroatoms. The fraction of sp³-hybridized carbons (Fsp3) is 0.889. The van der Waals surface area contributed by atoms with E-state index in [1.54, 1.807) is 0 Å². The predicted octanol–water partition coefficient (Wildman–Crippen LogP) is 1.45. The van der Waals surface area contributed by atoms with Crippen LogP contribution in [0.3, 0.4) is 0 Å². The monoisotopic (exact) mass is 291 g/mol. The molecule has 0 aliphatic heterocycles. The highest BCUT2D eigenvalue weighted by Crippen LogP contribution is 2.23. The Balaban J connectivity index is 4.71. The molecule has 0 amide bonds. The van der Waals surface area contributed by atoms with Gasteiger partial charge in [0.2, 0.25) is 10.0 Å². The second kappa shape index (κ2) is 5.43. The van der Waals surface area contributed by atoms with Gasteiger partial charge in [-0.1, -0.05) is 0 Å². The van der Waals surface area contributed by atoms with E-state index in [1.807, 2.05) is 0 Å². The highest BCUT2D eigenvalue weighted by atomic mass is 32.2. The molecule has 0 spiro atoms. The summed E-state index contributed by atoms with van der Waals surface area (Å²) >= 11 is 0. The number of rotatable bonds is 6. The minimum atomic E-state index is -4.42. The van der Waals surface area contributed by atoms with E-state index >= 15 is 0 Å². The van der Waals surface area contributed by atoms with E-state index in [4.69, 9.17) is 5.11 Å². The standard InChI is InChI=1S/C9H16F3NO4S/c1-8(2,7(14)15)13(3)18(16,17)6-4-5-9(10,11)12/h4-6H2,1-3H3,(H,14,15). The number of nitrogens with zero attached hydrogens (tertiary/aromatic N) is 1. The van der Waals surface area contributed by atoms with E-state index in [0.29, 0.717) is 4.31 Å². The van der Waals surface area contributed by atoms with Gasteiger partial charge in [-0.25, -0.2) is 8.42 Å². The zero-order valence-electron chi connectivity index (χ0n) is 10.3. The molecule has 0 saturated carbocycles. The Kier molecular flexibility index (Phi) is 5.18. The Labute approximate surface area is 104 Å². The van der Waals surface area contributed by atoms with Crippen molar-refractivity contribution >= 4 is 16.0 Å². The summed E-state index contributed by atoms with van der Waals surface area (Å²) in [6, 6.07) is 0. The molecule has 18 heavy (non-hydrogen) atoms. The van der Waals surface area contributed by atoms with E-state index in [1.165, 1.54) is 0 Å². The average Bonchev–Trinajstić information content (AvgIpc) is 2.13. The van der Waals surface area contributed by atoms with Crippen molar-refractivity contribution in [3.8, 4) is 0 Å². The minimum Gasteiger partial charge on any atom is -0.480 e. The Morgan fingerprint density at radius 2 is 1.72 bits per heavy atom. The van der Waals surface area contributed by atoms with Crippen molar-refractivity contribution in [2.75, 3.05) is 12.8 Å². The summed E-state index contributed by atoms with van der Waals surface area (Å²) in [7, 11) is -2.99. The molecule has 0 aromatic heterocycles. The van der Waals surface area contributed by atoms with Crippen LogP contribution in [-0.2, 0) is 14.8 Å². The summed E-state index contributed by atoms with van der Waals surface area (Å²) in [6.45, 7) is 2.33. The van der Waals surface area contributed by atoms with Crippen molar-refractivity contribution in [3.05, 3.63) is 0 Å². The normalized spacial score (nSPS) is 13.9. The number of carboxylic acids is 1. The minimum absolute atomic E-state index is 0.582. The quantitative estimate of drug-likeness (QED) is 0.804. The highest BCUT2D eigenvalue weighted by molar-refractivity contribution is 7.89. The van der Waals surface area contributed by atoms with Gasteiger partial charge in [0.1, 0.15) is 5.54 Å². The molecule has 0 fully saturated rings. The third-order valence-corrected chi connectivity index (χ3v) is 4.69. The third-order valence-electron chi connectivity index (χ3n) is 2.59. The molecule has 0 aromatic rings. The van der Waals surface area contributed by atoms with Crippen molar-refractivity contribution < 1.29 is 31.5 Å². The Bertz CT molecular complexity index is 403. The molecule has 0 radical (unpaired) electrons. The lowest BCUT2D eigenvalue weighted by molar-refractivity contribution is -0.146. The third kappa shape index (κ3) is 4.81. The van der Waals surface area contributed by atoms with E-state index in [-0.39, 0.29) is 0 Å². The molecule has 0 aliphatic rings. The average molecular weight is 291 g/mol. The van der Waals surface area contributed by atoms with Crippen molar-refractivity contribution in [2.24, 2.45) is 0 Å². The number of likely N-dealkylation sites (N-methyl/N-ethyl adjacent to an activating group) is 1. The first kappa shape index (κ1) is 17.2. The second-order valence-electron chi connectivity index (χ2n) is 4.37. The lowest BCUT2D eigenvalue weighted by atomic mass is 10.1. The van der Waals surface area contributed by atoms with Gasteiger partial charge in [0.15, 0.2) is 0 Å². The van der Waals surface area contributed by atoms with Crippen LogP contribution in [0.2, 0.25) is 0 Å². The molecular formula is C9H16F3NO4S. The van der Waals surface area contributed by atoms with Crippen LogP contribution in [0.15, 0.2) is 0 Å². The fourth-order valence-corrected chi connectivity index (χ4v) is 2.63. The maximum atomic E-state index is 11.9. The van der Waals surface area contributed by atoms with E-state index in [2.05, 4.69) is 0 Å². The van der Waals surface area contributed by atoms with Gasteiger partial charge in [-0.15, -0.1) is 0 Å². The SMILES string of the molecule is CN(C(C)(C)C(=O)O)S(=O)(=O)CCCC(F)(F)F. The highest BCUT2D eigenvalue weighted by Gasteiger charge is 2.39. The summed E-state index contributed by atoms with van der Waals surface area (Å²) in [4.78, 5) is 10.9. The van der Waals surface area contributed by atoms with E-state index in [9.17, 15) is 26.4 Å². The number of carboxylic acid groups (broad SMARTS) is 1. The van der Waals surface area contributed by atoms with Crippen molar-refractivity contribution in [2.45, 2.75) is 38.4 Å². The Morgan fingerprint density at radius 3 is 2.06 bits per heavy atom. The molecule has 0 heterocycles. The number of carbonyl (C=O) groups is 1. The maximum Gasteiger partial charge on any atom is 0.389 e. The smallest absolute Gasteiger partial charge is 0.389 e. The zero-order valence-corrected chi connectivity index (χ0v) is 11.1. The maximum absolute atomic E-state index is 11.9. The van der Waals surface area contributed by atoms with Gasteiger partial charge in [0.25, 0.3) is 0 Å². The van der Waals surface area contributed by atoms with Gasteiger partial charge >= 0.3 is 12.1 Å². The number of hydrogen-bond acceptors (Lipinski definition) is 3. The number of sulfonamides is 1. The topological polar surface area (TPSA) is 74.7 Å². The van der Waals surface area contributed by atoms with Crippen LogP contribution in [0, 0.1) is 0 Å². The van der Waals surface area contributed by atoms with Gasteiger partial charge < -0.3 is 5.11 Å². The summed E-state index contributed by atoms with van der Waals surface area (Å²) in [5.41, 5.74) is -1.70. The molecule has 1 N–H and O–H groups in total. The number of halogens is 3. The molecule has 0 rings (SSSR count). The van der Waals surface area contributed by atoms with Gasteiger partial charge in [0.05, 0.1) is 5.75 Å². The first-order chi connectivity index (χ1) is 7.81. The molecule has 0 bridgehead atoms. The van der Waals surface area contributed by atoms with Crippen LogP contribution in [0.4, 0.5) is 13.2 Å². The molecule has 0 aromatic carbocycles. The molecule has 0 saturated heterocycles. The summed E-state index contributed by atoms with van der Waals surface area (Å²) in [6.07, 6.45) is -6.23. The molecule has 0 atom stereocenters. The largest absolute Gasteiger partial charge is 0.480 e. The summed E-state index contributed by atoms with van der Waals surface area (Å²) < 4.78 is 59.6. The lowest BCUT2D eigenvalue weighted by Crippen LogP contribution is -2.51. The number of hydrogen-bond donors (Lipinski definition) is 1. The second-order valence-corrected chi connectivity index (χ2v) is 6.49. The predicted molar refractivity (Wildman–Crippen MR) is 58.6 cm³/mol. The van der Waals surface area contributed by atoms with Crippen LogP contribution in [0.5, 0.6) is 0 Å². The first-order valence-electron chi connectivity index (χ1n) is 5.07. The Morgan fingerprint density at radius 1 is 1.28 bits per heavy atom. The van der Waals surface area contributed by atoms with Gasteiger partial charge in [-0.2, -0.15) is 17.5 Å². The molecule has 0 unspecified atom stereocenters. The van der Waals surface area contributed by atoms with Gasteiger partial charge in [-0.3, -0.25) is 4.79 Å². The van der Waals surface area contributed by atoms with Crippen LogP contribution in [0.25, 0.3) is 0 Å². The number of alkyl halides is 3. The van der Waals surface area contributed by atoms with Crippen LogP contribution < -0.4 is 0 Å². The van der Waals surface area contributed by atoms with Gasteiger partial charge in [0, 0.05) is 13.5 Å². The van der Waals surface area contributed by atoms with Crippen LogP contribution >= 0.6 is 0 Å². The first-order valence-corrected chi connectivity index (χ1v) is 6.68. The van der Waals surface area contributed by atoms with E-state index in [0.717, 1.165) is 20.9 Å². The van der Waals surface area contributed by atoms with Crippen LogP contribution in [-0.4, -0.2) is 48.3 Å². The van der Waals surface area contributed by atoms with Crippen LogP contribution in [0.1, 0.15) is 26.7 Å². The van der Waals surface area contributed by atoms with E-state index < -0.39 is 46.3 Å². The lowest BCUT2D eigenvalue weighted by Gasteiger charge is -2.30. The summed E-state index contributed by atoms with van der Waals surface area (Å²) in [5.74, 6) is -2.11. The van der Waals surface area contributed by atoms with Crippen molar-refractivity contribution in [1.29, 1.82) is 0 Å². The molecule has 5 nitrogen and oxygen atoms in total. The van der Waals surface area contributed by atoms with Crippen molar-refractivity contribution in [3.63, 3.8) is 0 Å². The summed E-state index contributed by atoms with van der Waals surface area (Å²) in [5, 5.41) is 8.84. The molecular weight excluding hydrogens is 275 g/mol. The zero-order chi connectivity index (χ0) is 14.8. The number of aliphatic carboxylic acids is 1. The molecule has 108 valence electrons.